The maximum absolute atomic E-state index is 6.35. The van der Waals surface area contributed by atoms with Gasteiger partial charge in [0.1, 0.15) is 0 Å². The van der Waals surface area contributed by atoms with Crippen molar-refractivity contribution >= 4 is 11.6 Å². The molecule has 88 valence electrons. The van der Waals surface area contributed by atoms with Crippen molar-refractivity contribution in [3.63, 3.8) is 0 Å². The van der Waals surface area contributed by atoms with Crippen LogP contribution in [-0.2, 0) is 0 Å². The van der Waals surface area contributed by atoms with E-state index in [9.17, 15) is 0 Å². The molecule has 1 unspecified atom stereocenters. The minimum absolute atomic E-state index is 0.485. The lowest BCUT2D eigenvalue weighted by atomic mass is 9.90. The minimum Gasteiger partial charge on any atom is -0.0840 e. The van der Waals surface area contributed by atoms with Gasteiger partial charge < -0.3 is 0 Å². The molecule has 17 heavy (non-hydrogen) atoms. The Morgan fingerprint density at radius 2 is 1.71 bits per heavy atom. The van der Waals surface area contributed by atoms with Crippen LogP contribution in [0, 0.1) is 0 Å². The van der Waals surface area contributed by atoms with Crippen LogP contribution in [0.3, 0.4) is 0 Å². The standard InChI is InChI=1S/C16H17Cl/c1-3-12(2)16-14(10-7-11-15(16)17)13-8-5-4-6-9-13/h4-12H,3H2,1-2H3. The van der Waals surface area contributed by atoms with Crippen molar-refractivity contribution < 1.29 is 0 Å². The molecule has 1 heteroatoms. The van der Waals surface area contributed by atoms with E-state index in [-0.39, 0.29) is 0 Å². The molecule has 0 amide bonds. The van der Waals surface area contributed by atoms with Crippen molar-refractivity contribution in [3.05, 3.63) is 59.1 Å². The molecule has 0 spiro atoms. The van der Waals surface area contributed by atoms with Gasteiger partial charge in [-0.15, -0.1) is 0 Å². The number of hydrogen-bond acceptors (Lipinski definition) is 0. The second-order valence-corrected chi connectivity index (χ2v) is 4.78. The van der Waals surface area contributed by atoms with Crippen molar-refractivity contribution in [2.24, 2.45) is 0 Å². The highest BCUT2D eigenvalue weighted by Crippen LogP contribution is 2.35. The van der Waals surface area contributed by atoms with E-state index in [4.69, 9.17) is 11.6 Å². The molecule has 0 aliphatic carbocycles. The molecule has 0 fully saturated rings. The van der Waals surface area contributed by atoms with Crippen LogP contribution in [0.15, 0.2) is 48.5 Å². The zero-order chi connectivity index (χ0) is 12.3. The van der Waals surface area contributed by atoms with Crippen LogP contribution in [0.5, 0.6) is 0 Å². The van der Waals surface area contributed by atoms with E-state index in [0.29, 0.717) is 5.92 Å². The highest BCUT2D eigenvalue weighted by molar-refractivity contribution is 6.31. The summed E-state index contributed by atoms with van der Waals surface area (Å²) in [5, 5.41) is 0.876. The highest BCUT2D eigenvalue weighted by atomic mass is 35.5. The summed E-state index contributed by atoms with van der Waals surface area (Å²) in [5.74, 6) is 0.485. The average molecular weight is 245 g/mol. The Labute approximate surface area is 108 Å². The van der Waals surface area contributed by atoms with Gasteiger partial charge in [-0.1, -0.05) is 67.9 Å². The Kier molecular flexibility index (Phi) is 3.86. The van der Waals surface area contributed by atoms with E-state index in [1.54, 1.807) is 0 Å². The molecule has 0 aliphatic rings. The molecule has 0 N–H and O–H groups in total. The second-order valence-electron chi connectivity index (χ2n) is 4.38. The van der Waals surface area contributed by atoms with Crippen molar-refractivity contribution in [1.29, 1.82) is 0 Å². The summed E-state index contributed by atoms with van der Waals surface area (Å²) in [7, 11) is 0. The molecule has 0 aromatic heterocycles. The summed E-state index contributed by atoms with van der Waals surface area (Å²) < 4.78 is 0. The fourth-order valence-corrected chi connectivity index (χ4v) is 2.47. The van der Waals surface area contributed by atoms with Crippen LogP contribution in [0.4, 0.5) is 0 Å². The molecular weight excluding hydrogens is 228 g/mol. The van der Waals surface area contributed by atoms with Gasteiger partial charge >= 0.3 is 0 Å². The minimum atomic E-state index is 0.485. The highest BCUT2D eigenvalue weighted by Gasteiger charge is 2.13. The number of rotatable bonds is 3. The van der Waals surface area contributed by atoms with Crippen molar-refractivity contribution in [2.45, 2.75) is 26.2 Å². The first-order valence-corrected chi connectivity index (χ1v) is 6.45. The van der Waals surface area contributed by atoms with E-state index >= 15 is 0 Å². The van der Waals surface area contributed by atoms with E-state index in [1.165, 1.54) is 16.7 Å². The molecule has 0 radical (unpaired) electrons. The molecule has 0 heterocycles. The van der Waals surface area contributed by atoms with Crippen LogP contribution in [0.25, 0.3) is 11.1 Å². The summed E-state index contributed by atoms with van der Waals surface area (Å²) in [6.45, 7) is 4.43. The molecule has 2 aromatic rings. The van der Waals surface area contributed by atoms with E-state index in [0.717, 1.165) is 11.4 Å². The van der Waals surface area contributed by atoms with Crippen LogP contribution in [-0.4, -0.2) is 0 Å². The summed E-state index contributed by atoms with van der Waals surface area (Å²) in [4.78, 5) is 0. The van der Waals surface area contributed by atoms with Crippen LogP contribution in [0.2, 0.25) is 5.02 Å². The van der Waals surface area contributed by atoms with Gasteiger partial charge in [-0.3, -0.25) is 0 Å². The third kappa shape index (κ3) is 2.53. The predicted octanol–water partition coefficient (Wildman–Crippen LogP) is 5.52. The summed E-state index contributed by atoms with van der Waals surface area (Å²) in [6, 6.07) is 16.6. The van der Waals surface area contributed by atoms with Gasteiger partial charge in [0.15, 0.2) is 0 Å². The molecule has 0 nitrogen and oxygen atoms in total. The van der Waals surface area contributed by atoms with Gasteiger partial charge in [0.25, 0.3) is 0 Å². The zero-order valence-electron chi connectivity index (χ0n) is 10.3. The predicted molar refractivity (Wildman–Crippen MR) is 75.6 cm³/mol. The Hall–Kier alpha value is -1.27. The fourth-order valence-electron chi connectivity index (χ4n) is 2.11. The largest absolute Gasteiger partial charge is 0.0840 e. The van der Waals surface area contributed by atoms with Crippen LogP contribution < -0.4 is 0 Å². The van der Waals surface area contributed by atoms with E-state index in [1.807, 2.05) is 18.2 Å². The topological polar surface area (TPSA) is 0 Å². The maximum Gasteiger partial charge on any atom is 0.0446 e. The van der Waals surface area contributed by atoms with Gasteiger partial charge in [-0.25, -0.2) is 0 Å². The van der Waals surface area contributed by atoms with Gasteiger partial charge in [-0.05, 0) is 35.1 Å². The van der Waals surface area contributed by atoms with Crippen LogP contribution >= 0.6 is 11.6 Å². The maximum atomic E-state index is 6.35. The fraction of sp³-hybridized carbons (Fsp3) is 0.250. The Morgan fingerprint density at radius 3 is 2.35 bits per heavy atom. The molecular formula is C16H17Cl. The first kappa shape index (κ1) is 12.2. The van der Waals surface area contributed by atoms with Gasteiger partial charge in [0, 0.05) is 5.02 Å². The zero-order valence-corrected chi connectivity index (χ0v) is 11.0. The Morgan fingerprint density at radius 1 is 1.00 bits per heavy atom. The van der Waals surface area contributed by atoms with E-state index in [2.05, 4.69) is 44.2 Å². The lowest BCUT2D eigenvalue weighted by Crippen LogP contribution is -1.96. The normalized spacial score (nSPS) is 12.4. The Balaban J connectivity index is 2.58. The Bertz CT molecular complexity index is 488. The molecule has 0 saturated carbocycles. The lowest BCUT2D eigenvalue weighted by Gasteiger charge is -2.17. The summed E-state index contributed by atoms with van der Waals surface area (Å²) >= 11 is 6.35. The molecule has 0 bridgehead atoms. The van der Waals surface area contributed by atoms with E-state index < -0.39 is 0 Å². The SMILES string of the molecule is CCC(C)c1c(Cl)cccc1-c1ccccc1. The molecule has 2 rings (SSSR count). The van der Waals surface area contributed by atoms with Gasteiger partial charge in [0.05, 0.1) is 0 Å². The van der Waals surface area contributed by atoms with Crippen molar-refractivity contribution in [3.8, 4) is 11.1 Å². The van der Waals surface area contributed by atoms with Crippen molar-refractivity contribution in [2.75, 3.05) is 0 Å². The molecule has 2 aromatic carbocycles. The number of halogens is 1. The third-order valence-electron chi connectivity index (χ3n) is 3.24. The first-order chi connectivity index (χ1) is 8.24. The summed E-state index contributed by atoms with van der Waals surface area (Å²) in [6.07, 6.45) is 1.10. The quantitative estimate of drug-likeness (QED) is 0.667. The summed E-state index contributed by atoms with van der Waals surface area (Å²) in [5.41, 5.74) is 3.76. The average Bonchev–Trinajstić information content (AvgIpc) is 2.38. The third-order valence-corrected chi connectivity index (χ3v) is 3.57. The first-order valence-electron chi connectivity index (χ1n) is 6.08. The molecule has 0 aliphatic heterocycles. The van der Waals surface area contributed by atoms with Crippen LogP contribution in [0.1, 0.15) is 31.7 Å². The smallest absolute Gasteiger partial charge is 0.0446 e. The second kappa shape index (κ2) is 5.37. The van der Waals surface area contributed by atoms with Crippen molar-refractivity contribution in [1.82, 2.24) is 0 Å². The van der Waals surface area contributed by atoms with Gasteiger partial charge in [-0.2, -0.15) is 0 Å². The molecule has 0 saturated heterocycles. The lowest BCUT2D eigenvalue weighted by molar-refractivity contribution is 0.735. The number of benzene rings is 2. The van der Waals surface area contributed by atoms with Gasteiger partial charge in [0.2, 0.25) is 0 Å². The monoisotopic (exact) mass is 244 g/mol. The number of hydrogen-bond donors (Lipinski definition) is 0. The molecule has 1 atom stereocenters.